The van der Waals surface area contributed by atoms with Crippen LogP contribution in [0.1, 0.15) is 23.0 Å². The standard InChI is InChI=1S/C13H17N3S2/c1-9-4-6-11(7-5-9)12(14-3)8-17-13-15-10(2)16-18-13/h4-7,12,14H,8H2,1-3H3. The Hall–Kier alpha value is -0.910. The fraction of sp³-hybridized carbons (Fsp3) is 0.385. The number of thioether (sulfide) groups is 1. The summed E-state index contributed by atoms with van der Waals surface area (Å²) in [6.07, 6.45) is 0. The maximum Gasteiger partial charge on any atom is 0.170 e. The molecule has 0 aliphatic carbocycles. The first kappa shape index (κ1) is 13.5. The topological polar surface area (TPSA) is 37.8 Å². The molecule has 1 aromatic heterocycles. The van der Waals surface area contributed by atoms with Crippen molar-refractivity contribution in [2.24, 2.45) is 0 Å². The number of aryl methyl sites for hydroxylation is 2. The summed E-state index contributed by atoms with van der Waals surface area (Å²) in [5, 5.41) is 3.35. The van der Waals surface area contributed by atoms with Gasteiger partial charge in [-0.3, -0.25) is 0 Å². The Morgan fingerprint density at radius 2 is 2.00 bits per heavy atom. The summed E-state index contributed by atoms with van der Waals surface area (Å²) in [6, 6.07) is 9.02. The van der Waals surface area contributed by atoms with E-state index in [1.54, 1.807) is 11.8 Å². The van der Waals surface area contributed by atoms with Crippen LogP contribution in [0.25, 0.3) is 0 Å². The zero-order valence-electron chi connectivity index (χ0n) is 10.8. The predicted molar refractivity (Wildman–Crippen MR) is 78.3 cm³/mol. The molecule has 2 rings (SSSR count). The molecule has 0 fully saturated rings. The number of rotatable bonds is 5. The third-order valence-electron chi connectivity index (χ3n) is 2.71. The van der Waals surface area contributed by atoms with E-state index in [9.17, 15) is 0 Å². The molecule has 18 heavy (non-hydrogen) atoms. The highest BCUT2D eigenvalue weighted by molar-refractivity contribution is 8.00. The van der Waals surface area contributed by atoms with Crippen LogP contribution < -0.4 is 5.32 Å². The van der Waals surface area contributed by atoms with Gasteiger partial charge in [0.15, 0.2) is 4.34 Å². The predicted octanol–water partition coefficient (Wildman–Crippen LogP) is 3.21. The second kappa shape index (κ2) is 6.31. The smallest absolute Gasteiger partial charge is 0.170 e. The number of nitrogens with zero attached hydrogens (tertiary/aromatic N) is 2. The second-order valence-corrected chi connectivity index (χ2v) is 6.19. The van der Waals surface area contributed by atoms with Gasteiger partial charge in [-0.2, -0.15) is 4.37 Å². The quantitative estimate of drug-likeness (QED) is 0.853. The van der Waals surface area contributed by atoms with Crippen molar-refractivity contribution in [1.29, 1.82) is 0 Å². The second-order valence-electron chi connectivity index (χ2n) is 4.17. The van der Waals surface area contributed by atoms with E-state index in [4.69, 9.17) is 0 Å². The zero-order chi connectivity index (χ0) is 13.0. The molecule has 0 saturated carbocycles. The van der Waals surface area contributed by atoms with Crippen molar-refractivity contribution < 1.29 is 0 Å². The molecule has 5 heteroatoms. The molecule has 1 aromatic carbocycles. The highest BCUT2D eigenvalue weighted by atomic mass is 32.2. The Morgan fingerprint density at radius 3 is 2.56 bits per heavy atom. The molecule has 1 atom stereocenters. The minimum atomic E-state index is 0.347. The van der Waals surface area contributed by atoms with Crippen LogP contribution in [-0.4, -0.2) is 22.2 Å². The van der Waals surface area contributed by atoms with E-state index < -0.39 is 0 Å². The van der Waals surface area contributed by atoms with E-state index in [-0.39, 0.29) is 0 Å². The van der Waals surface area contributed by atoms with Crippen LogP contribution in [0.15, 0.2) is 28.6 Å². The first-order valence-corrected chi connectivity index (χ1v) is 7.62. The van der Waals surface area contributed by atoms with E-state index in [0.717, 1.165) is 15.9 Å². The lowest BCUT2D eigenvalue weighted by molar-refractivity contribution is 0.661. The van der Waals surface area contributed by atoms with Gasteiger partial charge in [0.2, 0.25) is 0 Å². The summed E-state index contributed by atoms with van der Waals surface area (Å²) >= 11 is 3.23. The van der Waals surface area contributed by atoms with Gasteiger partial charge in [0.05, 0.1) is 0 Å². The highest BCUT2D eigenvalue weighted by Gasteiger charge is 2.11. The average Bonchev–Trinajstić information content (AvgIpc) is 2.78. The Labute approximate surface area is 116 Å². The molecule has 0 radical (unpaired) electrons. The molecule has 1 unspecified atom stereocenters. The van der Waals surface area contributed by atoms with Gasteiger partial charge in [-0.1, -0.05) is 41.6 Å². The first-order chi connectivity index (χ1) is 8.69. The lowest BCUT2D eigenvalue weighted by atomic mass is 10.1. The van der Waals surface area contributed by atoms with Gasteiger partial charge in [-0.05, 0) is 38.0 Å². The highest BCUT2D eigenvalue weighted by Crippen LogP contribution is 2.25. The van der Waals surface area contributed by atoms with Gasteiger partial charge in [0, 0.05) is 11.8 Å². The summed E-state index contributed by atoms with van der Waals surface area (Å²) < 4.78 is 5.24. The van der Waals surface area contributed by atoms with E-state index in [0.29, 0.717) is 6.04 Å². The normalized spacial score (nSPS) is 12.6. The molecule has 0 aliphatic heterocycles. The maximum atomic E-state index is 4.37. The third kappa shape index (κ3) is 3.54. The number of hydrogen-bond acceptors (Lipinski definition) is 5. The van der Waals surface area contributed by atoms with Crippen molar-refractivity contribution in [2.75, 3.05) is 12.8 Å². The SMILES string of the molecule is CNC(CSc1nc(C)ns1)c1ccc(C)cc1. The molecule has 0 aliphatic rings. The van der Waals surface area contributed by atoms with Gasteiger partial charge in [0.1, 0.15) is 5.82 Å². The van der Waals surface area contributed by atoms with Crippen LogP contribution in [0.2, 0.25) is 0 Å². The van der Waals surface area contributed by atoms with Crippen molar-refractivity contribution in [2.45, 2.75) is 24.2 Å². The van der Waals surface area contributed by atoms with Gasteiger partial charge in [-0.15, -0.1) is 0 Å². The van der Waals surface area contributed by atoms with E-state index >= 15 is 0 Å². The summed E-state index contributed by atoms with van der Waals surface area (Å²) in [6.45, 7) is 4.03. The molecule has 0 amide bonds. The number of nitrogens with one attached hydrogen (secondary N) is 1. The molecule has 2 aromatic rings. The molecule has 0 saturated heterocycles. The van der Waals surface area contributed by atoms with Crippen LogP contribution >= 0.6 is 23.3 Å². The van der Waals surface area contributed by atoms with Crippen LogP contribution in [0.4, 0.5) is 0 Å². The van der Waals surface area contributed by atoms with Crippen LogP contribution in [0.5, 0.6) is 0 Å². The molecular weight excluding hydrogens is 262 g/mol. The Balaban J connectivity index is 1.99. The number of benzene rings is 1. The third-order valence-corrected chi connectivity index (χ3v) is 4.73. The van der Waals surface area contributed by atoms with Crippen molar-refractivity contribution in [3.63, 3.8) is 0 Å². The van der Waals surface area contributed by atoms with Crippen LogP contribution in [-0.2, 0) is 0 Å². The van der Waals surface area contributed by atoms with Crippen molar-refractivity contribution in [1.82, 2.24) is 14.7 Å². The summed E-state index contributed by atoms with van der Waals surface area (Å²) in [5.41, 5.74) is 2.61. The molecule has 1 N–H and O–H groups in total. The van der Waals surface area contributed by atoms with Crippen molar-refractivity contribution >= 4 is 23.3 Å². The molecule has 3 nitrogen and oxygen atoms in total. The monoisotopic (exact) mass is 279 g/mol. The molecule has 0 bridgehead atoms. The van der Waals surface area contributed by atoms with Gasteiger partial charge in [-0.25, -0.2) is 4.98 Å². The lowest BCUT2D eigenvalue weighted by Crippen LogP contribution is -2.18. The van der Waals surface area contributed by atoms with E-state index in [1.165, 1.54) is 22.7 Å². The summed E-state index contributed by atoms with van der Waals surface area (Å²) in [4.78, 5) is 4.37. The van der Waals surface area contributed by atoms with E-state index in [1.807, 2.05) is 14.0 Å². The van der Waals surface area contributed by atoms with Gasteiger partial charge in [0.25, 0.3) is 0 Å². The average molecular weight is 279 g/mol. The summed E-state index contributed by atoms with van der Waals surface area (Å²) in [5.74, 6) is 1.83. The van der Waals surface area contributed by atoms with Gasteiger partial charge >= 0.3 is 0 Å². The van der Waals surface area contributed by atoms with Crippen molar-refractivity contribution in [3.8, 4) is 0 Å². The largest absolute Gasteiger partial charge is 0.312 e. The van der Waals surface area contributed by atoms with Crippen LogP contribution in [0.3, 0.4) is 0 Å². The molecule has 1 heterocycles. The molecule has 0 spiro atoms. The Bertz CT molecular complexity index is 493. The van der Waals surface area contributed by atoms with Crippen molar-refractivity contribution in [3.05, 3.63) is 41.2 Å². The fourth-order valence-electron chi connectivity index (χ4n) is 1.64. The van der Waals surface area contributed by atoms with E-state index in [2.05, 4.69) is 45.9 Å². The number of aromatic nitrogens is 2. The minimum Gasteiger partial charge on any atom is -0.312 e. The minimum absolute atomic E-state index is 0.347. The molecular formula is C13H17N3S2. The fourth-order valence-corrected chi connectivity index (χ4v) is 3.45. The Kier molecular flexibility index (Phi) is 4.74. The zero-order valence-corrected chi connectivity index (χ0v) is 12.4. The first-order valence-electron chi connectivity index (χ1n) is 5.86. The maximum absolute atomic E-state index is 4.37. The molecule has 96 valence electrons. The van der Waals surface area contributed by atoms with Crippen LogP contribution in [0, 0.1) is 13.8 Å². The summed E-state index contributed by atoms with van der Waals surface area (Å²) in [7, 11) is 2.00. The lowest BCUT2D eigenvalue weighted by Gasteiger charge is -2.15. The Morgan fingerprint density at radius 1 is 1.28 bits per heavy atom. The van der Waals surface area contributed by atoms with Gasteiger partial charge < -0.3 is 5.32 Å². The number of hydrogen-bond donors (Lipinski definition) is 1.